The summed E-state index contributed by atoms with van der Waals surface area (Å²) in [6, 6.07) is 22.6. The molecule has 1 amide bonds. The van der Waals surface area contributed by atoms with Crippen LogP contribution in [-0.2, 0) is 11.2 Å². The van der Waals surface area contributed by atoms with E-state index in [1.54, 1.807) is 42.5 Å². The number of hydrogen-bond acceptors (Lipinski definition) is 2. The monoisotopic (exact) mass is 423 g/mol. The first-order valence-electron chi connectivity index (χ1n) is 9.62. The van der Waals surface area contributed by atoms with Gasteiger partial charge in [0, 0.05) is 12.0 Å². The number of benzene rings is 3. The van der Waals surface area contributed by atoms with E-state index in [0.717, 1.165) is 11.1 Å². The third-order valence-electron chi connectivity index (χ3n) is 4.62. The molecule has 31 heavy (non-hydrogen) atoms. The van der Waals surface area contributed by atoms with Crippen molar-refractivity contribution in [2.75, 3.05) is 0 Å². The average Bonchev–Trinajstić information content (AvgIpc) is 2.78. The molecule has 0 aliphatic rings. The Morgan fingerprint density at radius 3 is 1.84 bits per heavy atom. The number of carbonyl (C=O) groups is 2. The van der Waals surface area contributed by atoms with Crippen LogP contribution in [0.2, 0.25) is 0 Å². The average molecular weight is 423 g/mol. The smallest absolute Gasteiger partial charge is 0.342 e. The Labute approximate surface area is 178 Å². The largest absolute Gasteiger partial charge is 0.452 e. The highest BCUT2D eigenvalue weighted by molar-refractivity contribution is 5.99. The summed E-state index contributed by atoms with van der Waals surface area (Å²) in [6.07, 6.45) is -1.52. The van der Waals surface area contributed by atoms with Gasteiger partial charge in [0.05, 0.1) is 0 Å². The van der Waals surface area contributed by atoms with Crippen LogP contribution in [0, 0.1) is 0 Å². The summed E-state index contributed by atoms with van der Waals surface area (Å²) in [5, 5.41) is 2.24. The molecular formula is C25H20F3NO2. The molecule has 0 spiro atoms. The molecule has 0 bridgehead atoms. The maximum atomic E-state index is 13.0. The maximum Gasteiger partial charge on any atom is 0.452 e. The Balaban J connectivity index is 1.72. The van der Waals surface area contributed by atoms with Crippen LogP contribution >= 0.6 is 0 Å². The van der Waals surface area contributed by atoms with Gasteiger partial charge in [-0.05, 0) is 28.8 Å². The number of ketones is 1. The van der Waals surface area contributed by atoms with Crippen molar-refractivity contribution >= 4 is 23.8 Å². The molecule has 0 aromatic heterocycles. The second-order valence-electron chi connectivity index (χ2n) is 6.94. The SMILES string of the molecule is O=C(NC(Cc1ccccc1)C(=O)C(F)(F)F)c1ccc(/C=C/c2ccccc2)cc1. The van der Waals surface area contributed by atoms with Gasteiger partial charge in [0.25, 0.3) is 11.7 Å². The van der Waals surface area contributed by atoms with Crippen molar-refractivity contribution in [3.63, 3.8) is 0 Å². The molecule has 6 heteroatoms. The molecule has 3 nitrogen and oxygen atoms in total. The number of carbonyl (C=O) groups excluding carboxylic acids is 2. The lowest BCUT2D eigenvalue weighted by atomic mass is 10.0. The van der Waals surface area contributed by atoms with E-state index >= 15 is 0 Å². The van der Waals surface area contributed by atoms with Crippen LogP contribution in [0.4, 0.5) is 13.2 Å². The Kier molecular flexibility index (Phi) is 7.03. The lowest BCUT2D eigenvalue weighted by Crippen LogP contribution is -2.48. The van der Waals surface area contributed by atoms with E-state index in [1.165, 1.54) is 12.1 Å². The van der Waals surface area contributed by atoms with Crippen molar-refractivity contribution < 1.29 is 22.8 Å². The Bertz CT molecular complexity index is 1040. The van der Waals surface area contributed by atoms with Crippen molar-refractivity contribution in [3.8, 4) is 0 Å². The molecule has 0 heterocycles. The third-order valence-corrected chi connectivity index (χ3v) is 4.62. The normalized spacial score (nSPS) is 12.5. The zero-order valence-corrected chi connectivity index (χ0v) is 16.5. The molecule has 1 atom stereocenters. The van der Waals surface area contributed by atoms with Gasteiger partial charge in [-0.2, -0.15) is 13.2 Å². The van der Waals surface area contributed by atoms with Gasteiger partial charge in [0.1, 0.15) is 6.04 Å². The highest BCUT2D eigenvalue weighted by Crippen LogP contribution is 2.20. The first kappa shape index (κ1) is 22.0. The number of nitrogens with one attached hydrogen (secondary N) is 1. The van der Waals surface area contributed by atoms with Crippen LogP contribution in [0.15, 0.2) is 84.9 Å². The van der Waals surface area contributed by atoms with Crippen LogP contribution in [0.3, 0.4) is 0 Å². The van der Waals surface area contributed by atoms with Crippen molar-refractivity contribution in [1.82, 2.24) is 5.32 Å². The molecule has 0 aliphatic heterocycles. The molecule has 0 fully saturated rings. The van der Waals surface area contributed by atoms with Crippen molar-refractivity contribution in [2.45, 2.75) is 18.6 Å². The highest BCUT2D eigenvalue weighted by atomic mass is 19.4. The molecule has 1 N–H and O–H groups in total. The Hall–Kier alpha value is -3.67. The Morgan fingerprint density at radius 1 is 0.774 bits per heavy atom. The number of rotatable bonds is 7. The van der Waals surface area contributed by atoms with Crippen LogP contribution in [0.1, 0.15) is 27.0 Å². The van der Waals surface area contributed by atoms with E-state index in [2.05, 4.69) is 5.32 Å². The predicted octanol–water partition coefficient (Wildman–Crippen LogP) is 5.33. The van der Waals surface area contributed by atoms with E-state index in [-0.39, 0.29) is 12.0 Å². The quantitative estimate of drug-likeness (QED) is 0.522. The minimum atomic E-state index is -5.04. The number of amides is 1. The predicted molar refractivity (Wildman–Crippen MR) is 114 cm³/mol. The second kappa shape index (κ2) is 9.89. The van der Waals surface area contributed by atoms with E-state index in [9.17, 15) is 22.8 Å². The molecule has 158 valence electrons. The summed E-state index contributed by atoms with van der Waals surface area (Å²) in [7, 11) is 0. The Morgan fingerprint density at radius 2 is 1.29 bits per heavy atom. The van der Waals surface area contributed by atoms with E-state index < -0.39 is 23.9 Å². The number of hydrogen-bond donors (Lipinski definition) is 1. The van der Waals surface area contributed by atoms with Crippen molar-refractivity contribution in [3.05, 3.63) is 107 Å². The summed E-state index contributed by atoms with van der Waals surface area (Å²) >= 11 is 0. The minimum absolute atomic E-state index is 0.171. The van der Waals surface area contributed by atoms with Gasteiger partial charge in [-0.25, -0.2) is 0 Å². The molecule has 1 unspecified atom stereocenters. The summed E-state index contributed by atoms with van der Waals surface area (Å²) in [4.78, 5) is 24.4. The highest BCUT2D eigenvalue weighted by Gasteiger charge is 2.43. The first-order valence-corrected chi connectivity index (χ1v) is 9.62. The fraction of sp³-hybridized carbons (Fsp3) is 0.120. The van der Waals surface area contributed by atoms with Gasteiger partial charge in [0.2, 0.25) is 0 Å². The van der Waals surface area contributed by atoms with E-state index in [4.69, 9.17) is 0 Å². The van der Waals surface area contributed by atoms with Gasteiger partial charge >= 0.3 is 6.18 Å². The van der Waals surface area contributed by atoms with Gasteiger partial charge in [-0.1, -0.05) is 84.9 Å². The van der Waals surface area contributed by atoms with Crippen LogP contribution in [0.25, 0.3) is 12.2 Å². The molecule has 3 aromatic rings. The molecule has 0 saturated heterocycles. The first-order chi connectivity index (χ1) is 14.8. The lowest BCUT2D eigenvalue weighted by molar-refractivity contribution is -0.173. The molecule has 3 aromatic carbocycles. The van der Waals surface area contributed by atoms with Gasteiger partial charge in [-0.3, -0.25) is 9.59 Å². The lowest BCUT2D eigenvalue weighted by Gasteiger charge is -2.19. The van der Waals surface area contributed by atoms with Crippen molar-refractivity contribution in [2.24, 2.45) is 0 Å². The molecular weight excluding hydrogens is 403 g/mol. The van der Waals surface area contributed by atoms with Crippen molar-refractivity contribution in [1.29, 1.82) is 0 Å². The fourth-order valence-electron chi connectivity index (χ4n) is 3.00. The zero-order chi connectivity index (χ0) is 22.3. The zero-order valence-electron chi connectivity index (χ0n) is 16.5. The van der Waals surface area contributed by atoms with Gasteiger partial charge in [-0.15, -0.1) is 0 Å². The molecule has 0 radical (unpaired) electrons. The topological polar surface area (TPSA) is 46.2 Å². The minimum Gasteiger partial charge on any atom is -0.342 e. The summed E-state index contributed by atoms with van der Waals surface area (Å²) in [5.41, 5.74) is 2.53. The molecule has 3 rings (SSSR count). The number of halogens is 3. The fourth-order valence-corrected chi connectivity index (χ4v) is 3.00. The van der Waals surface area contributed by atoms with Gasteiger partial charge < -0.3 is 5.32 Å². The van der Waals surface area contributed by atoms with Crippen LogP contribution in [-0.4, -0.2) is 23.9 Å². The summed E-state index contributed by atoms with van der Waals surface area (Å²) in [5.74, 6) is -2.72. The van der Waals surface area contributed by atoms with E-state index in [0.29, 0.717) is 5.56 Å². The standard InChI is InChI=1S/C25H20F3NO2/c26-25(27,28)23(30)22(17-20-9-5-2-6-10-20)29-24(31)21-15-13-19(14-16-21)12-11-18-7-3-1-4-8-18/h1-16,22H,17H2,(H,29,31)/b12-11+. The molecule has 0 saturated carbocycles. The maximum absolute atomic E-state index is 13.0. The van der Waals surface area contributed by atoms with Gasteiger partial charge in [0.15, 0.2) is 0 Å². The number of Topliss-reactive ketones (excluding diaryl/α,β-unsaturated/α-hetero) is 1. The van der Waals surface area contributed by atoms with Crippen LogP contribution < -0.4 is 5.32 Å². The van der Waals surface area contributed by atoms with Crippen LogP contribution in [0.5, 0.6) is 0 Å². The number of alkyl halides is 3. The van der Waals surface area contributed by atoms with E-state index in [1.807, 2.05) is 42.5 Å². The summed E-state index contributed by atoms with van der Waals surface area (Å²) in [6.45, 7) is 0. The second-order valence-corrected chi connectivity index (χ2v) is 6.94. The molecule has 0 aliphatic carbocycles. The summed E-state index contributed by atoms with van der Waals surface area (Å²) < 4.78 is 39.1. The third kappa shape index (κ3) is 6.40.